The summed E-state index contributed by atoms with van der Waals surface area (Å²) in [5, 5.41) is 10.5. The highest BCUT2D eigenvalue weighted by Gasteiger charge is 2.61. The zero-order chi connectivity index (χ0) is 57.3. The van der Waals surface area contributed by atoms with Crippen LogP contribution in [0.15, 0.2) is 60.8 Å². The van der Waals surface area contributed by atoms with E-state index in [1.807, 2.05) is 0 Å². The second-order valence-electron chi connectivity index (χ2n) is 27.6. The van der Waals surface area contributed by atoms with Gasteiger partial charge >= 0.3 is 35.8 Å². The summed E-state index contributed by atoms with van der Waals surface area (Å²) in [4.78, 5) is 68.5. The summed E-state index contributed by atoms with van der Waals surface area (Å²) < 4.78 is 32.2. The van der Waals surface area contributed by atoms with Gasteiger partial charge in [-0.15, -0.1) is 0 Å². The maximum atomic E-state index is 11.9. The second-order valence-corrected chi connectivity index (χ2v) is 27.6. The Balaban J connectivity index is 0.000000143. The number of esters is 6. The van der Waals surface area contributed by atoms with Crippen molar-refractivity contribution < 1.29 is 62.3 Å². The fourth-order valence-corrected chi connectivity index (χ4v) is 17.0. The first-order chi connectivity index (χ1) is 36.4. The number of rotatable bonds is 12. The van der Waals surface area contributed by atoms with Crippen LogP contribution in [0.1, 0.15) is 210 Å². The summed E-state index contributed by atoms with van der Waals surface area (Å²) in [6.45, 7) is 35.2. The van der Waals surface area contributed by atoms with Crippen molar-refractivity contribution in [1.29, 1.82) is 0 Å². The summed E-state index contributed by atoms with van der Waals surface area (Å²) in [5.74, 6) is 4.80. The number of aliphatic hydroxyl groups is 1. The summed E-state index contributed by atoms with van der Waals surface area (Å²) in [6.07, 6.45) is 25.1. The summed E-state index contributed by atoms with van der Waals surface area (Å²) in [6, 6.07) is 0. The average Bonchev–Trinajstić information content (AvgIpc) is 4.10. The lowest BCUT2D eigenvalue weighted by atomic mass is 9.46. The predicted octanol–water partition coefficient (Wildman–Crippen LogP) is 12.9. The maximum Gasteiger partial charge on any atom is 0.347 e. The molecule has 12 bridgehead atoms. The molecule has 13 nitrogen and oxygen atoms in total. The van der Waals surface area contributed by atoms with E-state index in [0.29, 0.717) is 65.4 Å². The van der Waals surface area contributed by atoms with Crippen molar-refractivity contribution >= 4 is 35.8 Å². The fraction of sp³-hybridized carbons (Fsp3) is 0.754. The molecule has 13 saturated carbocycles. The van der Waals surface area contributed by atoms with Crippen molar-refractivity contribution in [2.24, 2.45) is 58.7 Å². The van der Waals surface area contributed by atoms with Gasteiger partial charge in [-0.3, -0.25) is 0 Å². The highest BCUT2D eigenvalue weighted by atomic mass is 16.6. The number of hydrogen-bond acceptors (Lipinski definition) is 13. The van der Waals surface area contributed by atoms with Crippen LogP contribution in [0.25, 0.3) is 0 Å². The van der Waals surface area contributed by atoms with Crippen LogP contribution in [0, 0.1) is 58.7 Å². The highest BCUT2D eigenvalue weighted by Crippen LogP contribution is 2.65. The summed E-state index contributed by atoms with van der Waals surface area (Å²) >= 11 is 0. The predicted molar refractivity (Wildman–Crippen MR) is 298 cm³/mol. The molecular weight excluding hydrogens is 989 g/mol. The molecule has 78 heavy (non-hydrogen) atoms. The molecule has 434 valence electrons. The third kappa shape index (κ3) is 14.0. The van der Waals surface area contributed by atoms with Gasteiger partial charge in [0.05, 0.1) is 12.2 Å². The van der Waals surface area contributed by atoms with Gasteiger partial charge in [0, 0.05) is 46.1 Å². The standard InChI is InChI=1S/C17H26O2.C15H22O2.C14H20O3.C11H18O2.C8H10O4/c1-11(2)15(18)19-16(3,4)17-8-12-5-13(9-17)7-14(6-12)10-17;1-9(2)14(16)17-15(3)12-5-10-4-11(7-12)8-13(15)6-10;1-9(2)12(15)17-14-6-10-3-11(7-14)5-13(16,4-10)8-14;1-4-11(7-5-6-8-11)13-10(12)9(2)3;1-5(2)7(9)12-6-3-4-11-8(6)10/h12-14H,1,5-10H2,2-4H3;10-13H,1,4-8H2,2-3H3;10-11,16H,1,3-8H2,2H3;2,4-8H2,1,3H3;6H,1,3-4H2,2H3. The molecule has 3 unspecified atom stereocenters. The Labute approximate surface area is 466 Å². The molecule has 13 heteroatoms. The first kappa shape index (κ1) is 61.1. The van der Waals surface area contributed by atoms with E-state index in [1.165, 1.54) is 96.8 Å². The smallest absolute Gasteiger partial charge is 0.347 e. The van der Waals surface area contributed by atoms with E-state index in [9.17, 15) is 33.9 Å². The van der Waals surface area contributed by atoms with Gasteiger partial charge in [0.15, 0.2) is 0 Å². The molecule has 0 spiro atoms. The van der Waals surface area contributed by atoms with E-state index in [4.69, 9.17) is 23.7 Å². The Kier molecular flexibility index (Phi) is 18.7. The van der Waals surface area contributed by atoms with Crippen LogP contribution in [0.5, 0.6) is 0 Å². The largest absolute Gasteiger partial charge is 0.463 e. The SMILES string of the molecule is C=C(C)C(=O)OC(C)(C)C12CC3CC(CC(C3)C1)C2.C=C(C)C(=O)OC1(C)C2CC3CC(C2)CC1C3.C=C(C)C(=O)OC1(CC)CCCC1.C=C(C)C(=O)OC12CC3CC(CC(O)(C3)C1)C2.C=C(C)C(=O)OC1CCOC1=O. The Hall–Kier alpha value is -4.52. The highest BCUT2D eigenvalue weighted by molar-refractivity contribution is 5.90. The van der Waals surface area contributed by atoms with Gasteiger partial charge in [0.2, 0.25) is 6.10 Å². The van der Waals surface area contributed by atoms with Crippen LogP contribution >= 0.6 is 0 Å². The van der Waals surface area contributed by atoms with Gasteiger partial charge in [-0.25, -0.2) is 28.8 Å². The van der Waals surface area contributed by atoms with Crippen LogP contribution < -0.4 is 0 Å². The van der Waals surface area contributed by atoms with Crippen molar-refractivity contribution in [3.63, 3.8) is 0 Å². The van der Waals surface area contributed by atoms with Gasteiger partial charge in [-0.2, -0.15) is 0 Å². The normalized spacial score (nSPS) is 36.9. The minimum Gasteiger partial charge on any atom is -0.463 e. The maximum absolute atomic E-state index is 11.9. The van der Waals surface area contributed by atoms with Gasteiger partial charge in [0.25, 0.3) is 0 Å². The zero-order valence-electron chi connectivity index (χ0n) is 49.1. The minimum absolute atomic E-state index is 0.171. The van der Waals surface area contributed by atoms with E-state index in [1.54, 1.807) is 27.7 Å². The monoisotopic (exact) mass is 1080 g/mol. The molecule has 0 radical (unpaired) electrons. The number of ether oxygens (including phenoxy) is 6. The molecule has 1 N–H and O–H groups in total. The van der Waals surface area contributed by atoms with Gasteiger partial charge in [0.1, 0.15) is 22.4 Å². The Morgan fingerprint density at radius 3 is 1.41 bits per heavy atom. The molecule has 1 aliphatic heterocycles. The quantitative estimate of drug-likeness (QED) is 0.111. The molecule has 0 aromatic rings. The van der Waals surface area contributed by atoms with Crippen LogP contribution in [-0.2, 0) is 57.2 Å². The van der Waals surface area contributed by atoms with Crippen LogP contribution in [0.4, 0.5) is 0 Å². The molecule has 0 aromatic carbocycles. The van der Waals surface area contributed by atoms with Crippen molar-refractivity contribution in [2.45, 2.75) is 244 Å². The lowest BCUT2D eigenvalue weighted by Crippen LogP contribution is -2.60. The molecule has 14 aliphatic rings. The first-order valence-corrected chi connectivity index (χ1v) is 29.7. The third-order valence-electron chi connectivity index (χ3n) is 20.4. The van der Waals surface area contributed by atoms with Crippen molar-refractivity contribution in [3.8, 4) is 0 Å². The van der Waals surface area contributed by atoms with E-state index in [-0.39, 0.29) is 51.7 Å². The summed E-state index contributed by atoms with van der Waals surface area (Å²) in [7, 11) is 0. The second kappa shape index (κ2) is 23.9. The Morgan fingerprint density at radius 2 is 1.00 bits per heavy atom. The molecule has 0 amide bonds. The van der Waals surface area contributed by atoms with Gasteiger partial charge < -0.3 is 33.5 Å². The van der Waals surface area contributed by atoms with Gasteiger partial charge in [-0.1, -0.05) is 39.8 Å². The molecule has 0 aromatic heterocycles. The molecule has 13 aliphatic carbocycles. The average molecular weight is 1090 g/mol. The van der Waals surface area contributed by atoms with E-state index >= 15 is 0 Å². The Morgan fingerprint density at radius 1 is 0.577 bits per heavy atom. The Bertz CT molecular complexity index is 2280. The molecular formula is C65H96O13. The molecule has 14 rings (SSSR count). The van der Waals surface area contributed by atoms with E-state index in [0.717, 1.165) is 74.5 Å². The van der Waals surface area contributed by atoms with Crippen molar-refractivity contribution in [2.75, 3.05) is 6.61 Å². The molecule has 14 fully saturated rings. The molecule has 1 saturated heterocycles. The number of carbonyl (C=O) groups excluding carboxylic acids is 6. The van der Waals surface area contributed by atoms with Crippen molar-refractivity contribution in [3.05, 3.63) is 60.8 Å². The van der Waals surface area contributed by atoms with Crippen LogP contribution in [0.3, 0.4) is 0 Å². The van der Waals surface area contributed by atoms with Crippen LogP contribution in [-0.4, -0.2) is 81.6 Å². The van der Waals surface area contributed by atoms with E-state index < -0.39 is 29.2 Å². The lowest BCUT2D eigenvalue weighted by molar-refractivity contribution is -0.217. The minimum atomic E-state index is -0.728. The van der Waals surface area contributed by atoms with Crippen molar-refractivity contribution in [1.82, 2.24) is 0 Å². The topological polar surface area (TPSA) is 178 Å². The van der Waals surface area contributed by atoms with E-state index in [2.05, 4.69) is 65.3 Å². The first-order valence-electron chi connectivity index (χ1n) is 29.7. The molecule has 3 atom stereocenters. The number of cyclic esters (lactones) is 1. The van der Waals surface area contributed by atoms with Gasteiger partial charge in [-0.05, 0) is 243 Å². The fourth-order valence-electron chi connectivity index (χ4n) is 17.0. The number of hydrogen-bond donors (Lipinski definition) is 1. The molecule has 1 heterocycles. The third-order valence-corrected chi connectivity index (χ3v) is 20.4. The van der Waals surface area contributed by atoms with Crippen LogP contribution in [0.2, 0.25) is 0 Å². The summed E-state index contributed by atoms with van der Waals surface area (Å²) in [5.41, 5.74) is 0.819. The zero-order valence-corrected chi connectivity index (χ0v) is 49.1. The lowest BCUT2D eigenvalue weighted by Gasteiger charge is -2.61. The number of carbonyl (C=O) groups is 6.